The number of ether oxygens (including phenoxy) is 2. The van der Waals surface area contributed by atoms with Gasteiger partial charge in [0.05, 0.1) is 12.4 Å². The largest absolute Gasteiger partial charge is 0.478 e. The molecule has 1 fully saturated rings. The summed E-state index contributed by atoms with van der Waals surface area (Å²) in [6.07, 6.45) is 5.11. The Morgan fingerprint density at radius 2 is 1.75 bits per heavy atom. The minimum absolute atomic E-state index is 0.00839. The van der Waals surface area contributed by atoms with Crippen LogP contribution in [0.25, 0.3) is 0 Å². The summed E-state index contributed by atoms with van der Waals surface area (Å²) in [7, 11) is 1.74. The van der Waals surface area contributed by atoms with E-state index in [2.05, 4.69) is 5.10 Å². The summed E-state index contributed by atoms with van der Waals surface area (Å²) in [5, 5.41) is 13.5. The Kier molecular flexibility index (Phi) is 8.58. The lowest BCUT2D eigenvalue weighted by Gasteiger charge is -2.25. The van der Waals surface area contributed by atoms with Crippen LogP contribution < -0.4 is 9.47 Å². The van der Waals surface area contributed by atoms with Crippen LogP contribution in [0.5, 0.6) is 11.5 Å². The van der Waals surface area contributed by atoms with E-state index >= 15 is 0 Å². The molecule has 2 unspecified atom stereocenters. The van der Waals surface area contributed by atoms with Crippen LogP contribution in [0.4, 0.5) is 4.79 Å². The monoisotopic (exact) mass is 565 g/mol. The lowest BCUT2D eigenvalue weighted by Crippen LogP contribution is -2.38. The quantitative estimate of drug-likeness (QED) is 0.279. The molecule has 1 aliphatic heterocycles. The Hall–Kier alpha value is -3.79. The number of ketones is 1. The summed E-state index contributed by atoms with van der Waals surface area (Å²) >= 11 is 1.61. The molecule has 1 amide bonds. The molecule has 0 spiro atoms. The zero-order chi connectivity index (χ0) is 29.2. The Bertz CT molecular complexity index is 1390. The lowest BCUT2D eigenvalue weighted by atomic mass is 9.84. The number of thioether (sulfide) groups is 1. The second-order valence-corrected chi connectivity index (χ2v) is 11.6. The van der Waals surface area contributed by atoms with E-state index in [4.69, 9.17) is 9.47 Å². The van der Waals surface area contributed by atoms with Gasteiger partial charge in [0.1, 0.15) is 5.75 Å². The van der Waals surface area contributed by atoms with Crippen molar-refractivity contribution in [2.24, 2.45) is 18.9 Å². The van der Waals surface area contributed by atoms with Crippen molar-refractivity contribution in [3.05, 3.63) is 71.0 Å². The fourth-order valence-corrected chi connectivity index (χ4v) is 5.44. The maximum atomic E-state index is 13.7. The second kappa shape index (κ2) is 11.8. The first kappa shape index (κ1) is 29.2. The van der Waals surface area contributed by atoms with Crippen molar-refractivity contribution >= 4 is 29.6 Å². The number of nitrogens with zero attached hydrogens (tertiary/aromatic N) is 3. The normalized spacial score (nSPS) is 17.1. The molecule has 10 heteroatoms. The highest BCUT2D eigenvalue weighted by Crippen LogP contribution is 2.34. The number of carbonyl (C=O) groups is 3. The highest BCUT2D eigenvalue weighted by Gasteiger charge is 2.41. The highest BCUT2D eigenvalue weighted by atomic mass is 32.2. The molecule has 0 saturated carbocycles. The zero-order valence-corrected chi connectivity index (χ0v) is 24.4. The average Bonchev–Trinajstić information content (AvgIpc) is 3.51. The van der Waals surface area contributed by atoms with Gasteiger partial charge in [-0.05, 0) is 75.1 Å². The molecule has 4 rings (SSSR count). The van der Waals surface area contributed by atoms with Gasteiger partial charge in [0.2, 0.25) is 0 Å². The molecule has 1 N–H and O–H groups in total. The number of Topliss-reactive ketones (excluding diaryl/α,β-unsaturated/α-hetero) is 1. The predicted octanol–water partition coefficient (Wildman–Crippen LogP) is 5.17. The summed E-state index contributed by atoms with van der Waals surface area (Å²) in [5.74, 6) is -0.736. The van der Waals surface area contributed by atoms with E-state index in [0.717, 1.165) is 21.6 Å². The van der Waals surface area contributed by atoms with E-state index < -0.39 is 23.6 Å². The summed E-state index contributed by atoms with van der Waals surface area (Å²) < 4.78 is 12.9. The van der Waals surface area contributed by atoms with Crippen molar-refractivity contribution in [2.45, 2.75) is 44.6 Å². The van der Waals surface area contributed by atoms with E-state index in [9.17, 15) is 19.5 Å². The molecule has 1 aliphatic rings. The Morgan fingerprint density at radius 1 is 1.10 bits per heavy atom. The third-order valence-corrected chi connectivity index (χ3v) is 7.93. The number of aryl methyl sites for hydroxylation is 3. The Balaban J connectivity index is 1.59. The number of amides is 1. The number of aromatic nitrogens is 2. The molecule has 1 saturated heterocycles. The standard InChI is InChI=1S/C30H35N3O6S/c1-18-11-20(12-19(2)27(18)39-30(3,4)28(35)36)13-22-15-33(29(37)38-23-14-31-32(5)16-23)17-25(22)26(34)21-7-9-24(40-6)10-8-21/h7-12,14,16,22,25H,13,15,17H2,1-6H3,(H,35,36). The van der Waals surface area contributed by atoms with E-state index in [1.807, 2.05) is 56.5 Å². The third kappa shape index (κ3) is 6.50. The van der Waals surface area contributed by atoms with Crippen LogP contribution in [0.1, 0.15) is 40.9 Å². The lowest BCUT2D eigenvalue weighted by molar-refractivity contribution is -0.152. The number of carboxylic acids is 1. The molecule has 0 bridgehead atoms. The maximum absolute atomic E-state index is 13.7. The fraction of sp³-hybridized carbons (Fsp3) is 0.400. The number of hydrogen-bond donors (Lipinski definition) is 1. The van der Waals surface area contributed by atoms with Crippen molar-refractivity contribution in [2.75, 3.05) is 19.3 Å². The van der Waals surface area contributed by atoms with Gasteiger partial charge in [-0.1, -0.05) is 24.3 Å². The highest BCUT2D eigenvalue weighted by molar-refractivity contribution is 7.98. The average molecular weight is 566 g/mol. The molecule has 2 heterocycles. The number of benzene rings is 2. The van der Waals surface area contributed by atoms with Crippen molar-refractivity contribution < 1.29 is 29.0 Å². The molecular weight excluding hydrogens is 530 g/mol. The van der Waals surface area contributed by atoms with Gasteiger partial charge in [-0.3, -0.25) is 9.48 Å². The predicted molar refractivity (Wildman–Crippen MR) is 152 cm³/mol. The van der Waals surface area contributed by atoms with Gasteiger partial charge in [0, 0.05) is 36.5 Å². The second-order valence-electron chi connectivity index (χ2n) is 10.8. The van der Waals surface area contributed by atoms with Crippen molar-refractivity contribution in [3.8, 4) is 11.5 Å². The summed E-state index contributed by atoms with van der Waals surface area (Å²) in [6, 6.07) is 11.5. The molecule has 0 aliphatic carbocycles. The summed E-state index contributed by atoms with van der Waals surface area (Å²) in [6.45, 7) is 7.40. The van der Waals surface area contributed by atoms with Crippen molar-refractivity contribution in [1.82, 2.24) is 14.7 Å². The van der Waals surface area contributed by atoms with Crippen LogP contribution in [-0.4, -0.2) is 62.6 Å². The smallest absolute Gasteiger partial charge is 0.415 e. The van der Waals surface area contributed by atoms with Gasteiger partial charge in [-0.25, -0.2) is 9.59 Å². The van der Waals surface area contributed by atoms with Gasteiger partial charge < -0.3 is 19.5 Å². The number of hydrogen-bond acceptors (Lipinski definition) is 7. The van der Waals surface area contributed by atoms with E-state index in [1.165, 1.54) is 20.0 Å². The Morgan fingerprint density at radius 3 is 2.30 bits per heavy atom. The summed E-state index contributed by atoms with van der Waals surface area (Å²) in [5.41, 5.74) is 1.85. The minimum Gasteiger partial charge on any atom is -0.478 e. The minimum atomic E-state index is -1.37. The number of carboxylic acid groups (broad SMARTS) is 1. The van der Waals surface area contributed by atoms with Gasteiger partial charge in [-0.15, -0.1) is 11.8 Å². The number of likely N-dealkylation sites (tertiary alicyclic amines) is 1. The van der Waals surface area contributed by atoms with E-state index in [1.54, 1.807) is 34.6 Å². The topological polar surface area (TPSA) is 111 Å². The first-order valence-electron chi connectivity index (χ1n) is 13.0. The van der Waals surface area contributed by atoms with Crippen molar-refractivity contribution in [1.29, 1.82) is 0 Å². The molecular formula is C30H35N3O6S. The molecule has 2 atom stereocenters. The molecule has 1 aromatic heterocycles. The van der Waals surface area contributed by atoms with Gasteiger partial charge in [-0.2, -0.15) is 5.10 Å². The molecule has 3 aromatic rings. The van der Waals surface area contributed by atoms with Crippen LogP contribution in [0.3, 0.4) is 0 Å². The third-order valence-electron chi connectivity index (χ3n) is 7.19. The summed E-state index contributed by atoms with van der Waals surface area (Å²) in [4.78, 5) is 41.0. The van der Waals surface area contributed by atoms with E-state index in [0.29, 0.717) is 30.0 Å². The molecule has 9 nitrogen and oxygen atoms in total. The van der Waals surface area contributed by atoms with Crippen molar-refractivity contribution in [3.63, 3.8) is 0 Å². The molecule has 212 valence electrons. The SMILES string of the molecule is CSc1ccc(C(=O)C2CN(C(=O)Oc3cnn(C)c3)CC2Cc2cc(C)c(OC(C)(C)C(=O)O)c(C)c2)cc1. The first-order valence-corrected chi connectivity index (χ1v) is 14.3. The van der Waals surface area contributed by atoms with Gasteiger partial charge in [0.25, 0.3) is 0 Å². The fourth-order valence-electron chi connectivity index (χ4n) is 5.03. The molecule has 40 heavy (non-hydrogen) atoms. The van der Waals surface area contributed by atoms with Crippen LogP contribution in [-0.2, 0) is 18.3 Å². The van der Waals surface area contributed by atoms with Crippen LogP contribution in [0.15, 0.2) is 53.7 Å². The van der Waals surface area contributed by atoms with Crippen LogP contribution >= 0.6 is 11.8 Å². The van der Waals surface area contributed by atoms with Gasteiger partial charge in [0.15, 0.2) is 17.1 Å². The maximum Gasteiger partial charge on any atom is 0.415 e. The molecule has 2 aromatic carbocycles. The van der Waals surface area contributed by atoms with Crippen LogP contribution in [0.2, 0.25) is 0 Å². The number of carbonyl (C=O) groups excluding carboxylic acids is 2. The van der Waals surface area contributed by atoms with Gasteiger partial charge >= 0.3 is 12.1 Å². The number of rotatable bonds is 9. The van der Waals surface area contributed by atoms with Crippen LogP contribution in [0, 0.1) is 25.7 Å². The zero-order valence-electron chi connectivity index (χ0n) is 23.6. The first-order chi connectivity index (χ1) is 18.9. The molecule has 0 radical (unpaired) electrons. The van der Waals surface area contributed by atoms with E-state index in [-0.39, 0.29) is 18.2 Å². The Labute approximate surface area is 238 Å². The number of aliphatic carboxylic acids is 1.